The number of pyridine rings is 1. The van der Waals surface area contributed by atoms with Gasteiger partial charge in [0, 0.05) is 34.4 Å². The van der Waals surface area contributed by atoms with E-state index in [-0.39, 0.29) is 17.3 Å². The molecular weight excluding hydrogens is 608 g/mol. The number of nitrogens with one attached hydrogen (secondary N) is 1. The maximum Gasteiger partial charge on any atom is 0.329 e. The van der Waals surface area contributed by atoms with Gasteiger partial charge in [0.15, 0.2) is 9.84 Å². The summed E-state index contributed by atoms with van der Waals surface area (Å²) in [6.07, 6.45) is 10.2. The number of aryl methyl sites for hydroxylation is 1. The monoisotopic (exact) mass is 650 g/mol. The topological polar surface area (TPSA) is 106 Å². The summed E-state index contributed by atoms with van der Waals surface area (Å²) in [6, 6.07) is 14.7. The number of ether oxygens (including phenoxy) is 1. The number of fused-ring (bicyclic) bond motifs is 3. The lowest BCUT2D eigenvalue weighted by molar-refractivity contribution is -0.144. The third-order valence-corrected chi connectivity index (χ3v) is 12.0. The molecule has 45 heavy (non-hydrogen) atoms. The van der Waals surface area contributed by atoms with Crippen LogP contribution in [-0.2, 0) is 32.9 Å². The molecule has 0 radical (unpaired) electrons. The Morgan fingerprint density at radius 2 is 1.93 bits per heavy atom. The van der Waals surface area contributed by atoms with E-state index in [9.17, 15) is 18.3 Å². The van der Waals surface area contributed by atoms with Crippen molar-refractivity contribution in [1.82, 2.24) is 4.98 Å². The number of halogens is 1. The van der Waals surface area contributed by atoms with Gasteiger partial charge in [0.1, 0.15) is 11.3 Å². The van der Waals surface area contributed by atoms with Crippen molar-refractivity contribution in [3.63, 3.8) is 0 Å². The Hall–Kier alpha value is -3.10. The predicted octanol–water partition coefficient (Wildman–Crippen LogP) is 7.60. The molecule has 1 saturated carbocycles. The van der Waals surface area contributed by atoms with E-state index in [1.807, 2.05) is 36.5 Å². The van der Waals surface area contributed by atoms with E-state index in [1.54, 1.807) is 18.2 Å². The molecule has 240 valence electrons. The van der Waals surface area contributed by atoms with Gasteiger partial charge in [0.05, 0.1) is 11.5 Å². The number of benzene rings is 2. The third-order valence-electron chi connectivity index (χ3n) is 10.7. The molecule has 3 aliphatic carbocycles. The van der Waals surface area contributed by atoms with Gasteiger partial charge in [-0.15, -0.1) is 0 Å². The molecule has 2 N–H and O–H groups in total. The summed E-state index contributed by atoms with van der Waals surface area (Å²) < 4.78 is 31.7. The summed E-state index contributed by atoms with van der Waals surface area (Å²) in [6.45, 7) is 5.05. The second-order valence-electron chi connectivity index (χ2n) is 13.8. The lowest BCUT2D eigenvalue weighted by Crippen LogP contribution is -2.53. The highest BCUT2D eigenvalue weighted by atomic mass is 35.5. The summed E-state index contributed by atoms with van der Waals surface area (Å²) >= 11 is 6.22. The summed E-state index contributed by atoms with van der Waals surface area (Å²) in [7, 11) is -3.40. The Morgan fingerprint density at radius 1 is 1.16 bits per heavy atom. The molecule has 6 rings (SSSR count). The van der Waals surface area contributed by atoms with Gasteiger partial charge in [0.2, 0.25) is 0 Å². The fourth-order valence-electron chi connectivity index (χ4n) is 8.31. The van der Waals surface area contributed by atoms with Crippen LogP contribution >= 0.6 is 11.6 Å². The van der Waals surface area contributed by atoms with E-state index in [4.69, 9.17) is 16.3 Å². The molecule has 1 spiro atoms. The fraction of sp³-hybridized carbons (Fsp3) is 0.500. The molecular formula is C36H43ClN2O5S. The van der Waals surface area contributed by atoms with E-state index in [1.165, 1.54) is 17.4 Å². The lowest BCUT2D eigenvalue weighted by atomic mass is 9.59. The van der Waals surface area contributed by atoms with Gasteiger partial charge in [-0.3, -0.25) is 4.98 Å². The quantitative estimate of drug-likeness (QED) is 0.246. The minimum Gasteiger partial charge on any atom is -0.493 e. The molecule has 3 atom stereocenters. The van der Waals surface area contributed by atoms with Crippen LogP contribution in [0.1, 0.15) is 87.1 Å². The number of hydrogen-bond donors (Lipinski definition) is 2. The maximum absolute atomic E-state index is 12.8. The molecule has 0 bridgehead atoms. The highest BCUT2D eigenvalue weighted by Gasteiger charge is 2.54. The van der Waals surface area contributed by atoms with Gasteiger partial charge in [-0.25, -0.2) is 13.2 Å². The largest absolute Gasteiger partial charge is 0.493 e. The summed E-state index contributed by atoms with van der Waals surface area (Å²) in [5.74, 6) is 0.978. The number of carboxylic acid groups (broad SMARTS) is 1. The zero-order valence-corrected chi connectivity index (χ0v) is 27.9. The molecule has 0 aliphatic heterocycles. The number of sulfone groups is 1. The number of rotatable bonds is 9. The molecule has 1 heterocycles. The van der Waals surface area contributed by atoms with Crippen molar-refractivity contribution in [3.8, 4) is 5.75 Å². The van der Waals surface area contributed by atoms with Crippen molar-refractivity contribution in [2.45, 2.75) is 93.4 Å². The van der Waals surface area contributed by atoms with Crippen LogP contribution < -0.4 is 10.1 Å². The minimum absolute atomic E-state index is 0.240. The average Bonchev–Trinajstić information content (AvgIpc) is 3.28. The first-order valence-electron chi connectivity index (χ1n) is 16.1. The second-order valence-corrected chi connectivity index (χ2v) is 16.2. The predicted molar refractivity (Wildman–Crippen MR) is 177 cm³/mol. The van der Waals surface area contributed by atoms with E-state index in [0.29, 0.717) is 53.8 Å². The summed E-state index contributed by atoms with van der Waals surface area (Å²) in [5.41, 5.74) is 3.87. The SMILES string of the molecule is C[C@@H](COc1ccnc2c1[C@H](C)CCC2)CC1Cc2ccc(S(C)(=O)=O)cc2C12CCC(Nc1cccc(Cl)c1)(C(=O)O)CC2. The Kier molecular flexibility index (Phi) is 8.68. The molecule has 1 unspecified atom stereocenters. The highest BCUT2D eigenvalue weighted by Crippen LogP contribution is 2.56. The average molecular weight is 651 g/mol. The van der Waals surface area contributed by atoms with Crippen LogP contribution in [0.2, 0.25) is 5.02 Å². The molecule has 1 aromatic heterocycles. The maximum atomic E-state index is 12.8. The normalized spacial score (nSPS) is 26.6. The van der Waals surface area contributed by atoms with Gasteiger partial charge >= 0.3 is 5.97 Å². The number of carboxylic acids is 1. The fourth-order valence-corrected chi connectivity index (χ4v) is 9.14. The molecule has 0 amide bonds. The Bertz CT molecular complexity index is 1700. The van der Waals surface area contributed by atoms with Crippen LogP contribution in [-0.4, -0.2) is 42.9 Å². The van der Waals surface area contributed by atoms with Gasteiger partial charge in [0.25, 0.3) is 0 Å². The number of carbonyl (C=O) groups is 1. The van der Waals surface area contributed by atoms with Crippen molar-refractivity contribution in [3.05, 3.63) is 82.1 Å². The molecule has 2 aromatic carbocycles. The van der Waals surface area contributed by atoms with Crippen LogP contribution in [0, 0.1) is 11.8 Å². The number of aromatic nitrogens is 1. The van der Waals surface area contributed by atoms with Gasteiger partial charge in [-0.1, -0.05) is 37.6 Å². The zero-order chi connectivity index (χ0) is 32.0. The van der Waals surface area contributed by atoms with Crippen molar-refractivity contribution in [1.29, 1.82) is 0 Å². The Labute approximate surface area is 271 Å². The van der Waals surface area contributed by atoms with Crippen LogP contribution in [0.15, 0.2) is 59.6 Å². The standard InChI is InChI=1S/C36H43ClN2O5S/c1-23(22-44-32-12-17-38-31-9-4-6-24(2)33(31)32)18-26-19-25-10-11-29(45(3,42)43)21-30(25)35(26)13-15-36(16-14-35,34(40)41)39-28-8-5-7-27(37)20-28/h5,7-8,10-12,17,20-21,23-24,26,39H,4,6,9,13-16,18-19,22H2,1-3H3,(H,40,41)/t23-,24-,26?,35?,36?/m1/s1. The number of nitrogens with zero attached hydrogens (tertiary/aromatic N) is 1. The smallest absolute Gasteiger partial charge is 0.329 e. The number of anilines is 1. The van der Waals surface area contributed by atoms with Crippen LogP contribution in [0.3, 0.4) is 0 Å². The first-order chi connectivity index (χ1) is 21.4. The van der Waals surface area contributed by atoms with Crippen molar-refractivity contribution in [2.24, 2.45) is 11.8 Å². The third kappa shape index (κ3) is 6.20. The van der Waals surface area contributed by atoms with Crippen LogP contribution in [0.25, 0.3) is 0 Å². The first kappa shape index (κ1) is 31.9. The number of hydrogen-bond acceptors (Lipinski definition) is 6. The second kappa shape index (κ2) is 12.3. The van der Waals surface area contributed by atoms with E-state index in [2.05, 4.69) is 24.1 Å². The van der Waals surface area contributed by atoms with Crippen LogP contribution in [0.5, 0.6) is 5.75 Å². The van der Waals surface area contributed by atoms with Crippen LogP contribution in [0.4, 0.5) is 5.69 Å². The summed E-state index contributed by atoms with van der Waals surface area (Å²) in [5, 5.41) is 14.4. The van der Waals surface area contributed by atoms with E-state index >= 15 is 0 Å². The first-order valence-corrected chi connectivity index (χ1v) is 18.4. The Morgan fingerprint density at radius 3 is 2.64 bits per heavy atom. The molecule has 3 aromatic rings. The molecule has 3 aliphatic rings. The van der Waals surface area contributed by atoms with E-state index < -0.39 is 21.3 Å². The number of aliphatic carboxylic acids is 1. The molecule has 0 saturated heterocycles. The van der Waals surface area contributed by atoms with E-state index in [0.717, 1.165) is 49.1 Å². The van der Waals surface area contributed by atoms with Crippen molar-refractivity contribution in [2.75, 3.05) is 18.2 Å². The highest BCUT2D eigenvalue weighted by molar-refractivity contribution is 7.90. The van der Waals surface area contributed by atoms with Gasteiger partial charge in [-0.2, -0.15) is 0 Å². The Balaban J connectivity index is 1.26. The van der Waals surface area contributed by atoms with Crippen molar-refractivity contribution >= 4 is 33.1 Å². The molecule has 1 fully saturated rings. The lowest BCUT2D eigenvalue weighted by Gasteiger charge is -2.47. The summed E-state index contributed by atoms with van der Waals surface area (Å²) in [4.78, 5) is 17.8. The van der Waals surface area contributed by atoms with Gasteiger partial charge < -0.3 is 15.2 Å². The van der Waals surface area contributed by atoms with Gasteiger partial charge in [-0.05, 0) is 128 Å². The zero-order valence-electron chi connectivity index (χ0n) is 26.3. The molecule has 7 nitrogen and oxygen atoms in total. The van der Waals surface area contributed by atoms with Crippen molar-refractivity contribution < 1.29 is 23.1 Å². The molecule has 9 heteroatoms. The minimum atomic E-state index is -3.40.